The van der Waals surface area contributed by atoms with Gasteiger partial charge in [0.15, 0.2) is 6.61 Å². The largest absolute Gasteiger partial charge is 0.479 e. The van der Waals surface area contributed by atoms with Crippen LogP contribution in [-0.2, 0) is 4.74 Å². The summed E-state index contributed by atoms with van der Waals surface area (Å²) in [5.74, 6) is 0.698. The Hall–Kier alpha value is -1.73. The van der Waals surface area contributed by atoms with Gasteiger partial charge in [-0.15, -0.1) is 0 Å². The van der Waals surface area contributed by atoms with Crippen molar-refractivity contribution in [3.8, 4) is 11.8 Å². The third kappa shape index (κ3) is 4.75. The second kappa shape index (κ2) is 7.53. The number of benzene rings is 1. The zero-order valence-corrected chi connectivity index (χ0v) is 10.3. The minimum absolute atomic E-state index is 0.0682. The van der Waals surface area contributed by atoms with Gasteiger partial charge < -0.3 is 14.8 Å². The monoisotopic (exact) mass is 234 g/mol. The molecule has 1 atom stereocenters. The Balaban J connectivity index is 2.61. The highest BCUT2D eigenvalue weighted by Gasteiger charge is 2.05. The Bertz CT molecular complexity index is 374. The van der Waals surface area contributed by atoms with E-state index in [0.717, 1.165) is 12.1 Å². The summed E-state index contributed by atoms with van der Waals surface area (Å²) < 4.78 is 10.4. The third-order valence-electron chi connectivity index (χ3n) is 2.37. The summed E-state index contributed by atoms with van der Waals surface area (Å²) >= 11 is 0. The zero-order valence-electron chi connectivity index (χ0n) is 10.3. The summed E-state index contributed by atoms with van der Waals surface area (Å²) in [5.41, 5.74) is 0.976. The predicted molar refractivity (Wildman–Crippen MR) is 67.1 cm³/mol. The molecule has 0 radical (unpaired) electrons. The normalized spacial score (nSPS) is 11.6. The Morgan fingerprint density at radius 2 is 2.29 bits per heavy atom. The fraction of sp³-hybridized carbons (Fsp3) is 0.462. The first-order valence-electron chi connectivity index (χ1n) is 5.65. The van der Waals surface area contributed by atoms with E-state index in [1.807, 2.05) is 30.3 Å². The van der Waals surface area contributed by atoms with Gasteiger partial charge in [0.05, 0.1) is 6.61 Å². The molecule has 0 aliphatic carbocycles. The van der Waals surface area contributed by atoms with Gasteiger partial charge in [-0.25, -0.2) is 0 Å². The molecule has 0 heterocycles. The van der Waals surface area contributed by atoms with Crippen LogP contribution in [0.4, 0.5) is 5.69 Å². The lowest BCUT2D eigenvalue weighted by Gasteiger charge is -2.17. The van der Waals surface area contributed by atoms with Gasteiger partial charge >= 0.3 is 0 Å². The van der Waals surface area contributed by atoms with Crippen LogP contribution >= 0.6 is 0 Å². The third-order valence-corrected chi connectivity index (χ3v) is 2.37. The molecule has 0 saturated heterocycles. The van der Waals surface area contributed by atoms with Gasteiger partial charge in [-0.2, -0.15) is 5.26 Å². The Kier molecular flexibility index (Phi) is 5.91. The quantitative estimate of drug-likeness (QED) is 0.787. The number of nitriles is 1. The average molecular weight is 234 g/mol. The fourth-order valence-corrected chi connectivity index (χ4v) is 1.49. The predicted octanol–water partition coefficient (Wildman–Crippen LogP) is 2.43. The van der Waals surface area contributed by atoms with E-state index in [1.165, 1.54) is 0 Å². The smallest absolute Gasteiger partial charge is 0.174 e. The van der Waals surface area contributed by atoms with Crippen molar-refractivity contribution in [2.75, 3.05) is 25.6 Å². The molecular formula is C13H18N2O2. The summed E-state index contributed by atoms with van der Waals surface area (Å²) in [6.07, 6.45) is 0.983. The van der Waals surface area contributed by atoms with E-state index in [2.05, 4.69) is 12.2 Å². The number of hydrogen-bond acceptors (Lipinski definition) is 4. The van der Waals surface area contributed by atoms with Gasteiger partial charge in [0.1, 0.15) is 11.8 Å². The van der Waals surface area contributed by atoms with Gasteiger partial charge in [0, 0.05) is 24.9 Å². The number of hydrogen-bond donors (Lipinski definition) is 1. The van der Waals surface area contributed by atoms with Crippen LogP contribution in [0.2, 0.25) is 0 Å². The van der Waals surface area contributed by atoms with Crippen LogP contribution in [0, 0.1) is 11.3 Å². The van der Waals surface area contributed by atoms with Gasteiger partial charge in [-0.05, 0) is 18.6 Å². The first-order chi connectivity index (χ1) is 8.30. The maximum absolute atomic E-state index is 8.44. The van der Waals surface area contributed by atoms with E-state index >= 15 is 0 Å². The SMILES string of the molecule is CCC(COC)Nc1cccc(OCC#N)c1. The standard InChI is InChI=1S/C13H18N2O2/c1-3-11(10-16-2)15-12-5-4-6-13(9-12)17-8-7-14/h4-6,9,11,15H,3,8,10H2,1-2H3. The van der Waals surface area contributed by atoms with E-state index in [-0.39, 0.29) is 12.6 Å². The zero-order chi connectivity index (χ0) is 12.5. The molecule has 17 heavy (non-hydrogen) atoms. The Morgan fingerprint density at radius 3 is 2.94 bits per heavy atom. The van der Waals surface area contributed by atoms with Crippen molar-refractivity contribution in [3.05, 3.63) is 24.3 Å². The Labute approximate surface area is 102 Å². The van der Waals surface area contributed by atoms with Crippen LogP contribution in [0.25, 0.3) is 0 Å². The lowest BCUT2D eigenvalue weighted by atomic mass is 10.2. The van der Waals surface area contributed by atoms with Gasteiger partial charge in [0.25, 0.3) is 0 Å². The van der Waals surface area contributed by atoms with Crippen LogP contribution in [-0.4, -0.2) is 26.4 Å². The molecule has 1 N–H and O–H groups in total. The highest BCUT2D eigenvalue weighted by atomic mass is 16.5. The van der Waals surface area contributed by atoms with Gasteiger partial charge in [-0.1, -0.05) is 13.0 Å². The molecule has 4 nitrogen and oxygen atoms in total. The first-order valence-corrected chi connectivity index (χ1v) is 5.65. The van der Waals surface area contributed by atoms with Crippen LogP contribution in [0.3, 0.4) is 0 Å². The molecule has 0 spiro atoms. The van der Waals surface area contributed by atoms with E-state index in [0.29, 0.717) is 12.4 Å². The molecule has 0 saturated carbocycles. The topological polar surface area (TPSA) is 54.3 Å². The number of nitrogens with zero attached hydrogens (tertiary/aromatic N) is 1. The van der Waals surface area contributed by atoms with E-state index < -0.39 is 0 Å². The molecular weight excluding hydrogens is 216 g/mol. The number of anilines is 1. The van der Waals surface area contributed by atoms with Crippen LogP contribution in [0.15, 0.2) is 24.3 Å². The summed E-state index contributed by atoms with van der Waals surface area (Å²) in [6.45, 7) is 2.84. The molecule has 1 unspecified atom stereocenters. The summed E-state index contributed by atoms with van der Waals surface area (Å²) in [7, 11) is 1.69. The van der Waals surface area contributed by atoms with Crippen molar-refractivity contribution in [2.24, 2.45) is 0 Å². The van der Waals surface area contributed by atoms with Crippen LogP contribution < -0.4 is 10.1 Å². The van der Waals surface area contributed by atoms with Crippen molar-refractivity contribution < 1.29 is 9.47 Å². The Morgan fingerprint density at radius 1 is 1.47 bits per heavy atom. The summed E-state index contributed by atoms with van der Waals surface area (Å²) in [4.78, 5) is 0. The molecule has 0 bridgehead atoms. The minimum atomic E-state index is 0.0682. The van der Waals surface area contributed by atoms with Crippen LogP contribution in [0.5, 0.6) is 5.75 Å². The summed E-state index contributed by atoms with van der Waals surface area (Å²) in [6, 6.07) is 9.81. The average Bonchev–Trinajstić information content (AvgIpc) is 2.36. The number of ether oxygens (including phenoxy) is 2. The molecule has 0 aliphatic rings. The van der Waals surface area contributed by atoms with E-state index in [1.54, 1.807) is 7.11 Å². The van der Waals surface area contributed by atoms with Crippen molar-refractivity contribution >= 4 is 5.69 Å². The first kappa shape index (κ1) is 13.3. The van der Waals surface area contributed by atoms with Crippen LogP contribution in [0.1, 0.15) is 13.3 Å². The fourth-order valence-electron chi connectivity index (χ4n) is 1.49. The van der Waals surface area contributed by atoms with Crippen molar-refractivity contribution in [3.63, 3.8) is 0 Å². The maximum atomic E-state index is 8.44. The van der Waals surface area contributed by atoms with Crippen molar-refractivity contribution in [1.29, 1.82) is 5.26 Å². The molecule has 0 fully saturated rings. The van der Waals surface area contributed by atoms with Gasteiger partial charge in [0.2, 0.25) is 0 Å². The maximum Gasteiger partial charge on any atom is 0.174 e. The number of nitrogens with one attached hydrogen (secondary N) is 1. The van der Waals surface area contributed by atoms with Gasteiger partial charge in [-0.3, -0.25) is 0 Å². The molecule has 0 amide bonds. The highest BCUT2D eigenvalue weighted by Crippen LogP contribution is 2.18. The van der Waals surface area contributed by atoms with Crippen molar-refractivity contribution in [1.82, 2.24) is 0 Å². The molecule has 1 aromatic carbocycles. The molecule has 1 rings (SSSR count). The lowest BCUT2D eigenvalue weighted by Crippen LogP contribution is -2.23. The molecule has 4 heteroatoms. The van der Waals surface area contributed by atoms with Crippen molar-refractivity contribution in [2.45, 2.75) is 19.4 Å². The van der Waals surface area contributed by atoms with E-state index in [9.17, 15) is 0 Å². The minimum Gasteiger partial charge on any atom is -0.479 e. The second-order valence-corrected chi connectivity index (χ2v) is 3.68. The molecule has 0 aromatic heterocycles. The second-order valence-electron chi connectivity index (χ2n) is 3.68. The molecule has 1 aromatic rings. The lowest BCUT2D eigenvalue weighted by molar-refractivity contribution is 0.184. The number of rotatable bonds is 7. The summed E-state index contributed by atoms with van der Waals surface area (Å²) in [5, 5.41) is 11.8. The molecule has 0 aliphatic heterocycles. The molecule has 92 valence electrons. The number of methoxy groups -OCH3 is 1. The van der Waals surface area contributed by atoms with E-state index in [4.69, 9.17) is 14.7 Å². The highest BCUT2D eigenvalue weighted by molar-refractivity contribution is 5.48.